The lowest BCUT2D eigenvalue weighted by Crippen LogP contribution is -2.33. The average molecular weight is 383 g/mol. The summed E-state index contributed by atoms with van der Waals surface area (Å²) in [6.07, 6.45) is 2.72. The molecule has 1 unspecified atom stereocenters. The lowest BCUT2D eigenvalue weighted by molar-refractivity contribution is -0.119. The van der Waals surface area contributed by atoms with Crippen LogP contribution in [0.15, 0.2) is 41.5 Å². The Morgan fingerprint density at radius 2 is 2.04 bits per heavy atom. The molecule has 27 heavy (non-hydrogen) atoms. The Bertz CT molecular complexity index is 1070. The van der Waals surface area contributed by atoms with E-state index in [9.17, 15) is 14.4 Å². The molecule has 0 aliphatic rings. The van der Waals surface area contributed by atoms with E-state index in [2.05, 4.69) is 10.3 Å². The van der Waals surface area contributed by atoms with Crippen molar-refractivity contribution >= 4 is 38.9 Å². The summed E-state index contributed by atoms with van der Waals surface area (Å²) in [5.41, 5.74) is 0.832. The van der Waals surface area contributed by atoms with Crippen molar-refractivity contribution in [2.24, 2.45) is 0 Å². The Morgan fingerprint density at radius 1 is 1.26 bits per heavy atom. The van der Waals surface area contributed by atoms with E-state index in [1.54, 1.807) is 24.3 Å². The highest BCUT2D eigenvalue weighted by molar-refractivity contribution is 7.18. The van der Waals surface area contributed by atoms with Crippen LogP contribution in [0.3, 0.4) is 0 Å². The number of anilines is 1. The number of Topliss-reactive ketones (excluding diaryl/α,β-unsaturated/α-hetero) is 1. The molecule has 140 valence electrons. The highest BCUT2D eigenvalue weighted by atomic mass is 32.1. The third-order valence-electron chi connectivity index (χ3n) is 4.44. The number of hydrogen-bond acceptors (Lipinski definition) is 5. The van der Waals surface area contributed by atoms with Crippen molar-refractivity contribution in [3.63, 3.8) is 0 Å². The van der Waals surface area contributed by atoms with Gasteiger partial charge in [0.15, 0.2) is 5.78 Å². The number of aromatic nitrogens is 2. The number of benzene rings is 1. The summed E-state index contributed by atoms with van der Waals surface area (Å²) in [4.78, 5) is 43.3. The first-order valence-corrected chi connectivity index (χ1v) is 9.67. The first kappa shape index (κ1) is 19.0. The zero-order chi connectivity index (χ0) is 19.6. The fourth-order valence-corrected chi connectivity index (χ4v) is 3.86. The largest absolute Gasteiger partial charge is 0.324 e. The van der Waals surface area contributed by atoms with Crippen LogP contribution in [0.4, 0.5) is 5.69 Å². The summed E-state index contributed by atoms with van der Waals surface area (Å²) < 4.78 is 1.39. The second kappa shape index (κ2) is 7.84. The van der Waals surface area contributed by atoms with Crippen LogP contribution in [-0.2, 0) is 11.2 Å². The number of hydrogen-bond donors (Lipinski definition) is 1. The number of carbonyl (C=O) groups is 2. The van der Waals surface area contributed by atoms with Gasteiger partial charge in [-0.05, 0) is 38.0 Å². The van der Waals surface area contributed by atoms with E-state index >= 15 is 0 Å². The van der Waals surface area contributed by atoms with E-state index < -0.39 is 6.04 Å². The summed E-state index contributed by atoms with van der Waals surface area (Å²) in [7, 11) is 0. The van der Waals surface area contributed by atoms with Crippen LogP contribution in [0.5, 0.6) is 0 Å². The standard InChI is InChI=1S/C20H21N3O3S/c1-4-15-10-16-19(27-15)21-11-23(20(16)26)17(5-2)18(25)22-14-8-6-7-13(9-14)12(3)24/h6-11,17H,4-5H2,1-3H3,(H,22,25). The molecule has 3 aromatic rings. The van der Waals surface area contributed by atoms with E-state index in [1.165, 1.54) is 29.2 Å². The minimum atomic E-state index is -0.680. The van der Waals surface area contributed by atoms with Gasteiger partial charge in [0.25, 0.3) is 5.56 Å². The van der Waals surface area contributed by atoms with Gasteiger partial charge in [0.1, 0.15) is 10.9 Å². The second-order valence-electron chi connectivity index (χ2n) is 6.29. The maximum atomic E-state index is 12.9. The van der Waals surface area contributed by atoms with Crippen molar-refractivity contribution in [2.75, 3.05) is 5.32 Å². The predicted molar refractivity (Wildman–Crippen MR) is 108 cm³/mol. The van der Waals surface area contributed by atoms with Gasteiger partial charge in [0.05, 0.1) is 11.7 Å². The predicted octanol–water partition coefficient (Wildman–Crippen LogP) is 3.81. The molecule has 1 atom stereocenters. The van der Waals surface area contributed by atoms with Crippen molar-refractivity contribution in [3.8, 4) is 0 Å². The van der Waals surface area contributed by atoms with E-state index in [4.69, 9.17) is 0 Å². The molecule has 0 aliphatic heterocycles. The maximum absolute atomic E-state index is 12.9. The number of carbonyl (C=O) groups excluding carboxylic acids is 2. The van der Waals surface area contributed by atoms with Gasteiger partial charge in [-0.25, -0.2) is 4.98 Å². The summed E-state index contributed by atoms with van der Waals surface area (Å²) in [5.74, 6) is -0.388. The van der Waals surface area contributed by atoms with Gasteiger partial charge in [-0.3, -0.25) is 19.0 Å². The maximum Gasteiger partial charge on any atom is 0.262 e. The zero-order valence-electron chi connectivity index (χ0n) is 15.5. The van der Waals surface area contributed by atoms with Gasteiger partial charge in [-0.1, -0.05) is 26.0 Å². The van der Waals surface area contributed by atoms with Crippen molar-refractivity contribution in [1.29, 1.82) is 0 Å². The Hall–Kier alpha value is -2.80. The molecule has 2 aromatic heterocycles. The molecule has 0 saturated carbocycles. The smallest absolute Gasteiger partial charge is 0.262 e. The topological polar surface area (TPSA) is 81.1 Å². The summed E-state index contributed by atoms with van der Waals surface area (Å²) in [6.45, 7) is 5.35. The van der Waals surface area contributed by atoms with Gasteiger partial charge < -0.3 is 5.32 Å². The molecule has 1 N–H and O–H groups in total. The Balaban J connectivity index is 1.92. The summed E-state index contributed by atoms with van der Waals surface area (Å²) >= 11 is 1.50. The molecule has 0 radical (unpaired) electrons. The van der Waals surface area contributed by atoms with Crippen molar-refractivity contribution in [2.45, 2.75) is 39.7 Å². The monoisotopic (exact) mass is 383 g/mol. The fraction of sp³-hybridized carbons (Fsp3) is 0.300. The second-order valence-corrected chi connectivity index (χ2v) is 7.41. The molecule has 1 amide bonds. The number of rotatable bonds is 6. The Kier molecular flexibility index (Phi) is 5.51. The van der Waals surface area contributed by atoms with Crippen molar-refractivity contribution in [3.05, 3.63) is 57.5 Å². The number of nitrogens with one attached hydrogen (secondary N) is 1. The molecule has 0 saturated heterocycles. The molecule has 1 aromatic carbocycles. The fourth-order valence-electron chi connectivity index (χ4n) is 2.93. The van der Waals surface area contributed by atoms with Crippen molar-refractivity contribution < 1.29 is 9.59 Å². The highest BCUT2D eigenvalue weighted by Crippen LogP contribution is 2.22. The minimum absolute atomic E-state index is 0.0757. The molecule has 0 spiro atoms. The molecular formula is C20H21N3O3S. The SMILES string of the molecule is CCc1cc2c(=O)n(C(CC)C(=O)Nc3cccc(C(C)=O)c3)cnc2s1. The number of thiophene rings is 1. The third-order valence-corrected chi connectivity index (χ3v) is 5.63. The number of aryl methyl sites for hydroxylation is 1. The Labute approximate surface area is 160 Å². The average Bonchev–Trinajstić information content (AvgIpc) is 3.08. The van der Waals surface area contributed by atoms with Crippen LogP contribution in [0, 0.1) is 0 Å². The lowest BCUT2D eigenvalue weighted by Gasteiger charge is -2.17. The van der Waals surface area contributed by atoms with E-state index in [-0.39, 0.29) is 17.2 Å². The summed E-state index contributed by atoms with van der Waals surface area (Å²) in [6, 6.07) is 7.93. The first-order valence-electron chi connectivity index (χ1n) is 8.86. The third kappa shape index (κ3) is 3.83. The van der Waals surface area contributed by atoms with Crippen LogP contribution in [0.2, 0.25) is 0 Å². The van der Waals surface area contributed by atoms with Crippen LogP contribution in [0.25, 0.3) is 10.2 Å². The van der Waals surface area contributed by atoms with Gasteiger partial charge in [-0.15, -0.1) is 11.3 Å². The van der Waals surface area contributed by atoms with Gasteiger partial charge in [0.2, 0.25) is 5.91 Å². The van der Waals surface area contributed by atoms with Gasteiger partial charge >= 0.3 is 0 Å². The van der Waals surface area contributed by atoms with Gasteiger partial charge in [-0.2, -0.15) is 0 Å². The highest BCUT2D eigenvalue weighted by Gasteiger charge is 2.22. The molecule has 7 heteroatoms. The van der Waals surface area contributed by atoms with Crippen LogP contribution < -0.4 is 10.9 Å². The van der Waals surface area contributed by atoms with E-state index in [0.29, 0.717) is 27.9 Å². The van der Waals surface area contributed by atoms with E-state index in [1.807, 2.05) is 19.9 Å². The zero-order valence-corrected chi connectivity index (χ0v) is 16.3. The first-order chi connectivity index (χ1) is 12.9. The number of nitrogens with zero attached hydrogens (tertiary/aromatic N) is 2. The number of amides is 1. The minimum Gasteiger partial charge on any atom is -0.324 e. The quantitative estimate of drug-likeness (QED) is 0.656. The molecule has 0 fully saturated rings. The molecule has 6 nitrogen and oxygen atoms in total. The van der Waals surface area contributed by atoms with Gasteiger partial charge in [0, 0.05) is 16.1 Å². The lowest BCUT2D eigenvalue weighted by atomic mass is 10.1. The number of fused-ring (bicyclic) bond motifs is 1. The number of ketones is 1. The van der Waals surface area contributed by atoms with E-state index in [0.717, 1.165) is 11.3 Å². The molecule has 2 heterocycles. The summed E-state index contributed by atoms with van der Waals surface area (Å²) in [5, 5.41) is 3.35. The normalized spacial score (nSPS) is 12.1. The molecular weight excluding hydrogens is 362 g/mol. The molecule has 3 rings (SSSR count). The van der Waals surface area contributed by atoms with Crippen molar-refractivity contribution in [1.82, 2.24) is 9.55 Å². The molecule has 0 bridgehead atoms. The van der Waals surface area contributed by atoms with Crippen LogP contribution in [0.1, 0.15) is 48.5 Å². The van der Waals surface area contributed by atoms with Crippen LogP contribution >= 0.6 is 11.3 Å². The Morgan fingerprint density at radius 3 is 2.70 bits per heavy atom. The molecule has 0 aliphatic carbocycles. The van der Waals surface area contributed by atoms with Crippen LogP contribution in [-0.4, -0.2) is 21.2 Å².